The fourth-order valence-electron chi connectivity index (χ4n) is 3.16. The fraction of sp³-hybridized carbons (Fsp3) is 0.529. The van der Waals surface area contributed by atoms with Crippen LogP contribution >= 0.6 is 0 Å². The van der Waals surface area contributed by atoms with Gasteiger partial charge in [0.25, 0.3) is 0 Å². The second-order valence-electron chi connectivity index (χ2n) is 6.35. The molecule has 3 rings (SSSR count). The van der Waals surface area contributed by atoms with E-state index in [-0.39, 0.29) is 5.92 Å². The molecular formula is C17H24N4O2S. The predicted molar refractivity (Wildman–Crippen MR) is 92.3 cm³/mol. The van der Waals surface area contributed by atoms with Crippen LogP contribution in [0.15, 0.2) is 29.2 Å². The molecule has 2 heterocycles. The Labute approximate surface area is 143 Å². The zero-order valence-electron chi connectivity index (χ0n) is 14.2. The van der Waals surface area contributed by atoms with Gasteiger partial charge in [-0.25, -0.2) is 13.4 Å². The predicted octanol–water partition coefficient (Wildman–Crippen LogP) is 2.63. The Morgan fingerprint density at radius 1 is 1.21 bits per heavy atom. The molecule has 0 saturated carbocycles. The molecular weight excluding hydrogens is 324 g/mol. The first-order valence-corrected chi connectivity index (χ1v) is 9.92. The Balaban J connectivity index is 1.68. The van der Waals surface area contributed by atoms with Crippen LogP contribution in [0.5, 0.6) is 0 Å². The standard InChI is InChI=1S/C17H24N4O2S/c1-3-4-14-5-7-16(8-6-14)24(22,23)21-11-9-15(10-12-21)17-18-13(2)19-20-17/h5-8,15H,3-4,9-12H2,1-2H3,(H,18,19,20). The second kappa shape index (κ2) is 7.03. The summed E-state index contributed by atoms with van der Waals surface area (Å²) < 4.78 is 27.2. The average Bonchev–Trinajstić information content (AvgIpc) is 3.02. The second-order valence-corrected chi connectivity index (χ2v) is 8.29. The van der Waals surface area contributed by atoms with Gasteiger partial charge in [0.05, 0.1) is 4.90 Å². The molecule has 0 atom stereocenters. The molecule has 0 unspecified atom stereocenters. The highest BCUT2D eigenvalue weighted by Gasteiger charge is 2.31. The van der Waals surface area contributed by atoms with Crippen LogP contribution in [0.2, 0.25) is 0 Å². The van der Waals surface area contributed by atoms with E-state index in [0.717, 1.165) is 37.3 Å². The average molecular weight is 348 g/mol. The van der Waals surface area contributed by atoms with Gasteiger partial charge in [0, 0.05) is 19.0 Å². The molecule has 0 amide bonds. The molecule has 0 spiro atoms. The van der Waals surface area contributed by atoms with Gasteiger partial charge in [-0.1, -0.05) is 25.5 Å². The van der Waals surface area contributed by atoms with Gasteiger partial charge in [-0.15, -0.1) is 0 Å². The van der Waals surface area contributed by atoms with Gasteiger partial charge in [-0.3, -0.25) is 5.10 Å². The van der Waals surface area contributed by atoms with E-state index in [1.165, 1.54) is 5.56 Å². The third kappa shape index (κ3) is 3.52. The number of aromatic amines is 1. The highest BCUT2D eigenvalue weighted by atomic mass is 32.2. The smallest absolute Gasteiger partial charge is 0.243 e. The maximum absolute atomic E-state index is 12.8. The molecule has 1 aliphatic rings. The molecule has 1 saturated heterocycles. The molecule has 0 bridgehead atoms. The highest BCUT2D eigenvalue weighted by Crippen LogP contribution is 2.29. The zero-order valence-corrected chi connectivity index (χ0v) is 15.0. The van der Waals surface area contributed by atoms with E-state index in [4.69, 9.17) is 0 Å². The first-order valence-electron chi connectivity index (χ1n) is 8.48. The lowest BCUT2D eigenvalue weighted by Gasteiger charge is -2.30. The minimum atomic E-state index is -3.41. The van der Waals surface area contributed by atoms with Crippen LogP contribution in [0, 0.1) is 6.92 Å². The Morgan fingerprint density at radius 3 is 2.42 bits per heavy atom. The summed E-state index contributed by atoms with van der Waals surface area (Å²) in [4.78, 5) is 4.76. The van der Waals surface area contributed by atoms with Gasteiger partial charge in [0.2, 0.25) is 10.0 Å². The molecule has 1 aromatic heterocycles. The van der Waals surface area contributed by atoms with Gasteiger partial charge in [-0.2, -0.15) is 9.40 Å². The van der Waals surface area contributed by atoms with Gasteiger partial charge in [0.15, 0.2) is 5.82 Å². The lowest BCUT2D eigenvalue weighted by molar-refractivity contribution is 0.313. The number of hydrogen-bond acceptors (Lipinski definition) is 4. The Bertz CT molecular complexity index is 775. The van der Waals surface area contributed by atoms with Crippen LogP contribution in [-0.4, -0.2) is 41.0 Å². The van der Waals surface area contributed by atoms with E-state index in [2.05, 4.69) is 22.1 Å². The molecule has 0 aliphatic carbocycles. The van der Waals surface area contributed by atoms with Crippen LogP contribution in [0.25, 0.3) is 0 Å². The molecule has 1 aromatic carbocycles. The topological polar surface area (TPSA) is 79.0 Å². The van der Waals surface area contributed by atoms with Crippen molar-refractivity contribution in [2.75, 3.05) is 13.1 Å². The van der Waals surface area contributed by atoms with Crippen LogP contribution in [0.1, 0.15) is 49.3 Å². The molecule has 6 nitrogen and oxygen atoms in total. The summed E-state index contributed by atoms with van der Waals surface area (Å²) in [5.74, 6) is 1.83. The summed E-state index contributed by atoms with van der Waals surface area (Å²) in [6, 6.07) is 7.29. The summed E-state index contributed by atoms with van der Waals surface area (Å²) in [5.41, 5.74) is 1.18. The van der Waals surface area contributed by atoms with Gasteiger partial charge in [-0.05, 0) is 43.9 Å². The van der Waals surface area contributed by atoms with Crippen molar-refractivity contribution in [3.05, 3.63) is 41.5 Å². The number of piperidine rings is 1. The maximum Gasteiger partial charge on any atom is 0.243 e. The number of sulfonamides is 1. The van der Waals surface area contributed by atoms with Crippen molar-refractivity contribution in [3.63, 3.8) is 0 Å². The number of H-pyrrole nitrogens is 1. The summed E-state index contributed by atoms with van der Waals surface area (Å²) in [6.45, 7) is 5.01. The number of benzene rings is 1. The van der Waals surface area contributed by atoms with Crippen LogP contribution < -0.4 is 0 Å². The van der Waals surface area contributed by atoms with Crippen molar-refractivity contribution >= 4 is 10.0 Å². The fourth-order valence-corrected chi connectivity index (χ4v) is 4.63. The van der Waals surface area contributed by atoms with E-state index in [1.54, 1.807) is 16.4 Å². The van der Waals surface area contributed by atoms with Crippen LogP contribution in [0.3, 0.4) is 0 Å². The third-order valence-electron chi connectivity index (χ3n) is 4.53. The number of rotatable bonds is 5. The van der Waals surface area contributed by atoms with E-state index in [1.807, 2.05) is 19.1 Å². The summed E-state index contributed by atoms with van der Waals surface area (Å²) in [5, 5.41) is 7.06. The SMILES string of the molecule is CCCc1ccc(S(=O)(=O)N2CCC(c3n[nH]c(C)n3)CC2)cc1. The largest absolute Gasteiger partial charge is 0.263 e. The van der Waals surface area contributed by atoms with Crippen molar-refractivity contribution < 1.29 is 8.42 Å². The van der Waals surface area contributed by atoms with Gasteiger partial charge in [0.1, 0.15) is 5.82 Å². The quantitative estimate of drug-likeness (QED) is 0.901. The Morgan fingerprint density at radius 2 is 1.88 bits per heavy atom. The molecule has 2 aromatic rings. The highest BCUT2D eigenvalue weighted by molar-refractivity contribution is 7.89. The van der Waals surface area contributed by atoms with Gasteiger partial charge >= 0.3 is 0 Å². The normalized spacial score (nSPS) is 17.2. The number of aromatic nitrogens is 3. The lowest BCUT2D eigenvalue weighted by atomic mass is 9.98. The maximum atomic E-state index is 12.8. The van der Waals surface area contributed by atoms with E-state index in [9.17, 15) is 8.42 Å². The Hall–Kier alpha value is -1.73. The molecule has 1 aliphatic heterocycles. The molecule has 0 radical (unpaired) electrons. The summed E-state index contributed by atoms with van der Waals surface area (Å²) >= 11 is 0. The minimum absolute atomic E-state index is 0.230. The lowest BCUT2D eigenvalue weighted by Crippen LogP contribution is -2.38. The molecule has 24 heavy (non-hydrogen) atoms. The van der Waals surface area contributed by atoms with E-state index in [0.29, 0.717) is 18.0 Å². The van der Waals surface area contributed by atoms with E-state index >= 15 is 0 Å². The van der Waals surface area contributed by atoms with Crippen molar-refractivity contribution in [1.82, 2.24) is 19.5 Å². The third-order valence-corrected chi connectivity index (χ3v) is 6.45. The Kier molecular flexibility index (Phi) is 5.01. The molecule has 1 fully saturated rings. The van der Waals surface area contributed by atoms with Gasteiger partial charge < -0.3 is 0 Å². The first kappa shape index (κ1) is 17.1. The van der Waals surface area contributed by atoms with E-state index < -0.39 is 10.0 Å². The number of aryl methyl sites for hydroxylation is 2. The van der Waals surface area contributed by atoms with Crippen molar-refractivity contribution in [3.8, 4) is 0 Å². The van der Waals surface area contributed by atoms with Crippen LogP contribution in [-0.2, 0) is 16.4 Å². The zero-order chi connectivity index (χ0) is 17.2. The number of hydrogen-bond donors (Lipinski definition) is 1. The summed E-state index contributed by atoms with van der Waals surface area (Å²) in [7, 11) is -3.41. The molecule has 1 N–H and O–H groups in total. The number of nitrogens with zero attached hydrogens (tertiary/aromatic N) is 3. The minimum Gasteiger partial charge on any atom is -0.263 e. The monoisotopic (exact) mass is 348 g/mol. The van der Waals surface area contributed by atoms with Crippen molar-refractivity contribution in [2.45, 2.75) is 50.3 Å². The molecule has 7 heteroatoms. The number of nitrogens with one attached hydrogen (secondary N) is 1. The first-order chi connectivity index (χ1) is 11.5. The summed E-state index contributed by atoms with van der Waals surface area (Å²) in [6.07, 6.45) is 3.54. The van der Waals surface area contributed by atoms with Crippen molar-refractivity contribution in [2.24, 2.45) is 0 Å². The molecule has 130 valence electrons. The van der Waals surface area contributed by atoms with Crippen LogP contribution in [0.4, 0.5) is 0 Å². The van der Waals surface area contributed by atoms with Crippen molar-refractivity contribution in [1.29, 1.82) is 0 Å².